The number of benzene rings is 2. The van der Waals surface area contributed by atoms with E-state index in [0.717, 1.165) is 48.5 Å². The number of likely N-dealkylation sites (tertiary alicyclic amines) is 1. The maximum Gasteiger partial charge on any atom is 0.222 e. The number of amides is 1. The van der Waals surface area contributed by atoms with Gasteiger partial charge in [0.2, 0.25) is 5.91 Å². The van der Waals surface area contributed by atoms with E-state index < -0.39 is 0 Å². The van der Waals surface area contributed by atoms with Crippen LogP contribution in [0.25, 0.3) is 10.9 Å². The van der Waals surface area contributed by atoms with Gasteiger partial charge < -0.3 is 9.88 Å². The van der Waals surface area contributed by atoms with Crippen molar-refractivity contribution in [3.63, 3.8) is 0 Å². The zero-order valence-electron chi connectivity index (χ0n) is 15.7. The number of aryl methyl sites for hydroxylation is 2. The number of nitrogens with one attached hydrogen (secondary N) is 1. The van der Waals surface area contributed by atoms with Gasteiger partial charge in [-0.25, -0.2) is 0 Å². The van der Waals surface area contributed by atoms with Crippen molar-refractivity contribution in [2.24, 2.45) is 0 Å². The molecule has 1 aliphatic rings. The Bertz CT molecular complexity index is 954. The quantitative estimate of drug-likeness (QED) is 0.640. The van der Waals surface area contributed by atoms with Crippen LogP contribution in [0.1, 0.15) is 41.9 Å². The molecule has 0 bridgehead atoms. The summed E-state index contributed by atoms with van der Waals surface area (Å²) in [7, 11) is 0. The maximum atomic E-state index is 12.6. The molecule has 1 amide bonds. The summed E-state index contributed by atoms with van der Waals surface area (Å²) in [5.74, 6) is 0.783. The van der Waals surface area contributed by atoms with Gasteiger partial charge in [0, 0.05) is 41.6 Å². The Kier molecular flexibility index (Phi) is 5.22. The van der Waals surface area contributed by atoms with Crippen LogP contribution in [0.5, 0.6) is 0 Å². The summed E-state index contributed by atoms with van der Waals surface area (Å²) in [5.41, 5.74) is 4.80. The topological polar surface area (TPSA) is 36.1 Å². The number of carbonyl (C=O) groups is 1. The number of fused-ring (bicyclic) bond motifs is 1. The number of hydrogen-bond donors (Lipinski definition) is 1. The van der Waals surface area contributed by atoms with Gasteiger partial charge in [-0.05, 0) is 60.9 Å². The normalized spacial score (nSPS) is 15.4. The molecule has 1 N–H and O–H groups in total. The molecule has 0 spiro atoms. The molecular weight excluding hydrogens is 356 g/mol. The summed E-state index contributed by atoms with van der Waals surface area (Å²) in [5, 5.41) is 2.10. The van der Waals surface area contributed by atoms with Crippen molar-refractivity contribution in [2.45, 2.75) is 38.5 Å². The minimum atomic E-state index is 0.254. The molecule has 2 aromatic carbocycles. The van der Waals surface area contributed by atoms with E-state index in [-0.39, 0.29) is 5.91 Å². The molecule has 1 saturated heterocycles. The van der Waals surface area contributed by atoms with E-state index in [9.17, 15) is 4.79 Å². The van der Waals surface area contributed by atoms with Crippen molar-refractivity contribution >= 4 is 28.4 Å². The van der Waals surface area contributed by atoms with E-state index in [0.29, 0.717) is 12.3 Å². The molecule has 4 heteroatoms. The van der Waals surface area contributed by atoms with Crippen LogP contribution in [0.2, 0.25) is 5.02 Å². The molecule has 1 fully saturated rings. The van der Waals surface area contributed by atoms with Gasteiger partial charge >= 0.3 is 0 Å². The second-order valence-electron chi connectivity index (χ2n) is 7.53. The summed E-state index contributed by atoms with van der Waals surface area (Å²) in [6, 6.07) is 14.5. The standard InChI is InChI=1S/C23H25ClN2O/c1-16-6-7-17(14-21(16)24)8-9-23(27)26-12-10-18(11-13-26)20-15-25-22-5-3-2-4-19(20)22/h2-7,14-15,18,25H,8-13H2,1H3. The fraction of sp³-hybridized carbons (Fsp3) is 0.348. The van der Waals surface area contributed by atoms with Gasteiger partial charge in [-0.15, -0.1) is 0 Å². The lowest BCUT2D eigenvalue weighted by Crippen LogP contribution is -2.38. The number of nitrogens with zero attached hydrogens (tertiary/aromatic N) is 1. The number of hydrogen-bond acceptors (Lipinski definition) is 1. The minimum Gasteiger partial charge on any atom is -0.361 e. The van der Waals surface area contributed by atoms with E-state index in [1.807, 2.05) is 24.0 Å². The third-order valence-electron chi connectivity index (χ3n) is 5.77. The van der Waals surface area contributed by atoms with Crippen LogP contribution < -0.4 is 0 Å². The number of piperidine rings is 1. The number of H-pyrrole nitrogens is 1. The van der Waals surface area contributed by atoms with Crippen molar-refractivity contribution < 1.29 is 4.79 Å². The second-order valence-corrected chi connectivity index (χ2v) is 7.94. The largest absolute Gasteiger partial charge is 0.361 e. The van der Waals surface area contributed by atoms with Crippen LogP contribution in [-0.4, -0.2) is 28.9 Å². The molecule has 27 heavy (non-hydrogen) atoms. The number of para-hydroxylation sites is 1. The Balaban J connectivity index is 1.33. The third kappa shape index (κ3) is 3.89. The van der Waals surface area contributed by atoms with Crippen molar-refractivity contribution in [3.8, 4) is 0 Å². The van der Waals surface area contributed by atoms with E-state index in [1.54, 1.807) is 0 Å². The lowest BCUT2D eigenvalue weighted by Gasteiger charge is -2.32. The SMILES string of the molecule is Cc1ccc(CCC(=O)N2CCC(c3c[nH]c4ccccc34)CC2)cc1Cl. The number of aromatic amines is 1. The first-order chi connectivity index (χ1) is 13.1. The third-order valence-corrected chi connectivity index (χ3v) is 6.18. The average Bonchev–Trinajstić information content (AvgIpc) is 3.13. The summed E-state index contributed by atoms with van der Waals surface area (Å²) in [6.45, 7) is 3.68. The van der Waals surface area contributed by atoms with Crippen molar-refractivity contribution in [1.29, 1.82) is 0 Å². The molecular formula is C23H25ClN2O. The second kappa shape index (κ2) is 7.77. The number of rotatable bonds is 4. The van der Waals surface area contributed by atoms with Gasteiger partial charge in [-0.2, -0.15) is 0 Å². The van der Waals surface area contributed by atoms with Crippen LogP contribution in [0.15, 0.2) is 48.7 Å². The fourth-order valence-electron chi connectivity index (χ4n) is 4.07. The van der Waals surface area contributed by atoms with Crippen LogP contribution in [-0.2, 0) is 11.2 Å². The highest BCUT2D eigenvalue weighted by Crippen LogP contribution is 2.33. The first-order valence-electron chi connectivity index (χ1n) is 9.70. The van der Waals surface area contributed by atoms with E-state index in [2.05, 4.69) is 41.5 Å². The number of halogens is 1. The van der Waals surface area contributed by atoms with Crippen molar-refractivity contribution in [1.82, 2.24) is 9.88 Å². The Morgan fingerprint density at radius 1 is 1.19 bits per heavy atom. The Morgan fingerprint density at radius 2 is 1.96 bits per heavy atom. The molecule has 0 saturated carbocycles. The summed E-state index contributed by atoms with van der Waals surface area (Å²) < 4.78 is 0. The smallest absolute Gasteiger partial charge is 0.222 e. The lowest BCUT2D eigenvalue weighted by molar-refractivity contribution is -0.132. The average molecular weight is 381 g/mol. The zero-order chi connectivity index (χ0) is 18.8. The monoisotopic (exact) mass is 380 g/mol. The van der Waals surface area contributed by atoms with Crippen LogP contribution in [0.3, 0.4) is 0 Å². The molecule has 3 aromatic rings. The molecule has 2 heterocycles. The van der Waals surface area contributed by atoms with Gasteiger partial charge in [0.25, 0.3) is 0 Å². The summed E-state index contributed by atoms with van der Waals surface area (Å²) >= 11 is 6.19. The van der Waals surface area contributed by atoms with Gasteiger partial charge in [-0.3, -0.25) is 4.79 Å². The lowest BCUT2D eigenvalue weighted by atomic mass is 9.89. The van der Waals surface area contributed by atoms with Crippen LogP contribution >= 0.6 is 11.6 Å². The molecule has 0 radical (unpaired) electrons. The highest BCUT2D eigenvalue weighted by atomic mass is 35.5. The predicted octanol–water partition coefficient (Wildman–Crippen LogP) is 5.47. The number of aromatic nitrogens is 1. The minimum absolute atomic E-state index is 0.254. The van der Waals surface area contributed by atoms with Gasteiger partial charge in [0.05, 0.1) is 0 Å². The zero-order valence-corrected chi connectivity index (χ0v) is 16.4. The van der Waals surface area contributed by atoms with Gasteiger partial charge in [0.15, 0.2) is 0 Å². The van der Waals surface area contributed by atoms with E-state index in [4.69, 9.17) is 11.6 Å². The maximum absolute atomic E-state index is 12.6. The predicted molar refractivity (Wildman–Crippen MR) is 111 cm³/mol. The molecule has 0 atom stereocenters. The molecule has 0 unspecified atom stereocenters. The first-order valence-corrected chi connectivity index (χ1v) is 10.1. The van der Waals surface area contributed by atoms with E-state index in [1.165, 1.54) is 16.5 Å². The first kappa shape index (κ1) is 18.1. The Hall–Kier alpha value is -2.26. The molecule has 0 aliphatic carbocycles. The summed E-state index contributed by atoms with van der Waals surface area (Å²) in [4.78, 5) is 18.0. The highest BCUT2D eigenvalue weighted by Gasteiger charge is 2.25. The van der Waals surface area contributed by atoms with Crippen molar-refractivity contribution in [3.05, 3.63) is 70.4 Å². The number of carbonyl (C=O) groups excluding carboxylic acids is 1. The van der Waals surface area contributed by atoms with Crippen LogP contribution in [0.4, 0.5) is 0 Å². The molecule has 140 valence electrons. The molecule has 4 rings (SSSR count). The Labute approximate surface area is 165 Å². The highest BCUT2D eigenvalue weighted by molar-refractivity contribution is 6.31. The van der Waals surface area contributed by atoms with Gasteiger partial charge in [-0.1, -0.05) is 41.9 Å². The Morgan fingerprint density at radius 3 is 2.74 bits per heavy atom. The van der Waals surface area contributed by atoms with Gasteiger partial charge in [0.1, 0.15) is 0 Å². The molecule has 1 aromatic heterocycles. The fourth-order valence-corrected chi connectivity index (χ4v) is 4.28. The molecule has 1 aliphatic heterocycles. The summed E-state index contributed by atoms with van der Waals surface area (Å²) in [6.07, 6.45) is 5.51. The van der Waals surface area contributed by atoms with E-state index >= 15 is 0 Å². The molecule has 3 nitrogen and oxygen atoms in total. The van der Waals surface area contributed by atoms with Crippen LogP contribution in [0, 0.1) is 6.92 Å². The van der Waals surface area contributed by atoms with Crippen molar-refractivity contribution in [2.75, 3.05) is 13.1 Å².